The molecule has 7 heteroatoms. The Hall–Kier alpha value is -2.96. The van der Waals surface area contributed by atoms with Gasteiger partial charge in [0, 0.05) is 5.56 Å². The van der Waals surface area contributed by atoms with Crippen LogP contribution in [-0.4, -0.2) is 19.9 Å². The molecule has 0 unspecified atom stereocenters. The largest absolute Gasteiger partial charge is 0.382 e. The molecule has 3 aromatic rings. The summed E-state index contributed by atoms with van der Waals surface area (Å²) in [5.74, 6) is 0.130. The molecule has 0 saturated carbocycles. The zero-order valence-electron chi connectivity index (χ0n) is 9.79. The molecule has 7 nitrogen and oxygen atoms in total. The van der Waals surface area contributed by atoms with Gasteiger partial charge in [0.25, 0.3) is 5.56 Å². The first-order valence-electron chi connectivity index (χ1n) is 5.53. The van der Waals surface area contributed by atoms with E-state index in [-0.39, 0.29) is 28.7 Å². The Kier molecular flexibility index (Phi) is 2.38. The van der Waals surface area contributed by atoms with Crippen molar-refractivity contribution in [3.63, 3.8) is 0 Å². The first-order valence-corrected chi connectivity index (χ1v) is 5.53. The third-order valence-corrected chi connectivity index (χ3v) is 2.65. The zero-order chi connectivity index (χ0) is 13.4. The van der Waals surface area contributed by atoms with Crippen LogP contribution in [0.15, 0.2) is 35.1 Å². The van der Waals surface area contributed by atoms with Crippen LogP contribution >= 0.6 is 0 Å². The third kappa shape index (κ3) is 1.86. The van der Waals surface area contributed by atoms with Crippen LogP contribution in [0.1, 0.15) is 0 Å². The minimum absolute atomic E-state index is 0.00471. The van der Waals surface area contributed by atoms with Gasteiger partial charge in [-0.1, -0.05) is 30.3 Å². The number of benzene rings is 1. The summed E-state index contributed by atoms with van der Waals surface area (Å²) in [5.41, 5.74) is 12.4. The fraction of sp³-hybridized carbons (Fsp3) is 0. The average Bonchev–Trinajstić information content (AvgIpc) is 2.38. The van der Waals surface area contributed by atoms with Crippen molar-refractivity contribution in [3.05, 3.63) is 40.7 Å². The fourth-order valence-corrected chi connectivity index (χ4v) is 1.81. The van der Waals surface area contributed by atoms with E-state index in [1.807, 2.05) is 18.2 Å². The number of hydrogen-bond donors (Lipinski definition) is 3. The van der Waals surface area contributed by atoms with E-state index < -0.39 is 0 Å². The standard InChI is InChI=1S/C12H10N6O/c13-9-8-10(18-12(14)16-9)17-11(19)7(15-8)6-4-2-1-3-5-6/h1-5H,(H5,13,14,16,17,18,19). The van der Waals surface area contributed by atoms with Gasteiger partial charge < -0.3 is 16.5 Å². The van der Waals surface area contributed by atoms with E-state index >= 15 is 0 Å². The molecule has 0 spiro atoms. The summed E-state index contributed by atoms with van der Waals surface area (Å²) in [6.07, 6.45) is 0. The lowest BCUT2D eigenvalue weighted by atomic mass is 10.1. The van der Waals surface area contributed by atoms with Crippen LogP contribution in [0.25, 0.3) is 22.4 Å². The number of rotatable bonds is 1. The molecule has 0 saturated heterocycles. The molecule has 0 amide bonds. The zero-order valence-corrected chi connectivity index (χ0v) is 9.79. The van der Waals surface area contributed by atoms with Crippen molar-refractivity contribution in [1.29, 1.82) is 0 Å². The number of H-pyrrole nitrogens is 1. The van der Waals surface area contributed by atoms with Gasteiger partial charge in [0.05, 0.1) is 0 Å². The van der Waals surface area contributed by atoms with Crippen LogP contribution in [0, 0.1) is 0 Å². The smallest absolute Gasteiger partial charge is 0.276 e. The Morgan fingerprint density at radius 1 is 1.00 bits per heavy atom. The number of hydrogen-bond acceptors (Lipinski definition) is 6. The summed E-state index contributed by atoms with van der Waals surface area (Å²) in [7, 11) is 0. The number of nitrogens with one attached hydrogen (secondary N) is 1. The van der Waals surface area contributed by atoms with Crippen LogP contribution in [0.5, 0.6) is 0 Å². The van der Waals surface area contributed by atoms with Gasteiger partial charge in [0.15, 0.2) is 11.5 Å². The van der Waals surface area contributed by atoms with E-state index in [1.54, 1.807) is 12.1 Å². The van der Waals surface area contributed by atoms with Gasteiger partial charge in [-0.2, -0.15) is 9.97 Å². The van der Waals surface area contributed by atoms with Gasteiger partial charge >= 0.3 is 0 Å². The van der Waals surface area contributed by atoms with Crippen molar-refractivity contribution >= 4 is 22.9 Å². The highest BCUT2D eigenvalue weighted by atomic mass is 16.1. The summed E-state index contributed by atoms with van der Waals surface area (Å²) >= 11 is 0. The monoisotopic (exact) mass is 254 g/mol. The fourth-order valence-electron chi connectivity index (χ4n) is 1.81. The molecule has 0 atom stereocenters. The molecule has 1 aromatic carbocycles. The highest BCUT2D eigenvalue weighted by Crippen LogP contribution is 2.18. The maximum absolute atomic E-state index is 12.0. The predicted molar refractivity (Wildman–Crippen MR) is 72.2 cm³/mol. The van der Waals surface area contributed by atoms with Crippen LogP contribution < -0.4 is 17.0 Å². The predicted octanol–water partition coefficient (Wildman–Crippen LogP) is 0.545. The Morgan fingerprint density at radius 2 is 1.74 bits per heavy atom. The summed E-state index contributed by atoms with van der Waals surface area (Å²) in [5, 5.41) is 0. The molecule has 5 N–H and O–H groups in total. The van der Waals surface area contributed by atoms with Crippen molar-refractivity contribution in [2.24, 2.45) is 0 Å². The van der Waals surface area contributed by atoms with E-state index in [9.17, 15) is 4.79 Å². The second kappa shape index (κ2) is 4.05. The number of fused-ring (bicyclic) bond motifs is 1. The molecule has 94 valence electrons. The van der Waals surface area contributed by atoms with Crippen molar-refractivity contribution < 1.29 is 0 Å². The molecule has 0 aliphatic carbocycles. The maximum Gasteiger partial charge on any atom is 0.276 e. The summed E-state index contributed by atoms with van der Waals surface area (Å²) < 4.78 is 0. The van der Waals surface area contributed by atoms with E-state index in [2.05, 4.69) is 19.9 Å². The molecule has 19 heavy (non-hydrogen) atoms. The van der Waals surface area contributed by atoms with E-state index in [4.69, 9.17) is 11.5 Å². The van der Waals surface area contributed by atoms with Gasteiger partial charge in [-0.15, -0.1) is 0 Å². The molecule has 2 heterocycles. The lowest BCUT2D eigenvalue weighted by Crippen LogP contribution is -2.14. The molecular formula is C12H10N6O. The normalized spacial score (nSPS) is 10.7. The van der Waals surface area contributed by atoms with Gasteiger partial charge in [-0.25, -0.2) is 4.98 Å². The lowest BCUT2D eigenvalue weighted by molar-refractivity contribution is 1.14. The summed E-state index contributed by atoms with van der Waals surface area (Å²) in [4.78, 5) is 26.6. The molecule has 0 aliphatic rings. The number of aromatic amines is 1. The van der Waals surface area contributed by atoms with Crippen molar-refractivity contribution in [1.82, 2.24) is 19.9 Å². The highest BCUT2D eigenvalue weighted by Gasteiger charge is 2.11. The Labute approximate surface area is 107 Å². The number of nitrogen functional groups attached to an aromatic ring is 2. The van der Waals surface area contributed by atoms with Gasteiger partial charge in [0.2, 0.25) is 5.95 Å². The second-order valence-corrected chi connectivity index (χ2v) is 3.94. The lowest BCUT2D eigenvalue weighted by Gasteiger charge is -2.04. The van der Waals surface area contributed by atoms with Gasteiger partial charge in [-0.3, -0.25) is 4.79 Å². The SMILES string of the molecule is Nc1nc(N)c2nc(-c3ccccc3)c(=O)[nH]c2n1. The molecule has 0 bridgehead atoms. The van der Waals surface area contributed by atoms with Crippen LogP contribution in [0.4, 0.5) is 11.8 Å². The van der Waals surface area contributed by atoms with Crippen molar-refractivity contribution in [2.45, 2.75) is 0 Å². The number of anilines is 2. The molecule has 0 aliphatic heterocycles. The summed E-state index contributed by atoms with van der Waals surface area (Å²) in [6.45, 7) is 0. The summed E-state index contributed by atoms with van der Waals surface area (Å²) in [6, 6.07) is 9.08. The van der Waals surface area contributed by atoms with Gasteiger partial charge in [-0.05, 0) is 0 Å². The van der Waals surface area contributed by atoms with E-state index in [0.29, 0.717) is 11.1 Å². The van der Waals surface area contributed by atoms with Crippen LogP contribution in [-0.2, 0) is 0 Å². The van der Waals surface area contributed by atoms with Crippen molar-refractivity contribution in [2.75, 3.05) is 11.5 Å². The number of nitrogens with two attached hydrogens (primary N) is 2. The molecule has 0 radical (unpaired) electrons. The van der Waals surface area contributed by atoms with Crippen LogP contribution in [0.2, 0.25) is 0 Å². The Bertz CT molecular complexity index is 812. The minimum atomic E-state index is -0.351. The van der Waals surface area contributed by atoms with Crippen LogP contribution in [0.3, 0.4) is 0 Å². The first-order chi connectivity index (χ1) is 9.15. The van der Waals surface area contributed by atoms with E-state index in [0.717, 1.165) is 0 Å². The average molecular weight is 254 g/mol. The topological polar surface area (TPSA) is 124 Å². The first kappa shape index (κ1) is 11.1. The highest BCUT2D eigenvalue weighted by molar-refractivity contribution is 5.83. The Morgan fingerprint density at radius 3 is 2.47 bits per heavy atom. The Balaban J connectivity index is 2.34. The maximum atomic E-state index is 12.0. The number of aromatic nitrogens is 4. The van der Waals surface area contributed by atoms with Gasteiger partial charge in [0.1, 0.15) is 11.2 Å². The van der Waals surface area contributed by atoms with Crippen molar-refractivity contribution in [3.8, 4) is 11.3 Å². The quantitative estimate of drug-likeness (QED) is 0.582. The number of nitrogens with zero attached hydrogens (tertiary/aromatic N) is 3. The molecule has 3 rings (SSSR count). The minimum Gasteiger partial charge on any atom is -0.382 e. The molecule has 2 aromatic heterocycles. The molecule has 0 fully saturated rings. The van der Waals surface area contributed by atoms with E-state index in [1.165, 1.54) is 0 Å². The second-order valence-electron chi connectivity index (χ2n) is 3.94. The third-order valence-electron chi connectivity index (χ3n) is 2.65. The molecular weight excluding hydrogens is 244 g/mol.